The van der Waals surface area contributed by atoms with Crippen LogP contribution in [0.1, 0.15) is 0 Å². The highest BCUT2D eigenvalue weighted by Gasteiger charge is 2.11. The lowest BCUT2D eigenvalue weighted by Crippen LogP contribution is -2.02. The van der Waals surface area contributed by atoms with Crippen molar-refractivity contribution in [3.8, 4) is 0 Å². The Hall–Kier alpha value is -1.76. The first-order valence-electron chi connectivity index (χ1n) is 4.55. The van der Waals surface area contributed by atoms with Crippen LogP contribution in [0.15, 0.2) is 29.0 Å². The Morgan fingerprint density at radius 2 is 1.65 bits per heavy atom. The number of anilines is 3. The third-order valence-electron chi connectivity index (χ3n) is 1.92. The number of benzene rings is 1. The van der Waals surface area contributed by atoms with E-state index in [2.05, 4.69) is 31.2 Å². The largest absolute Gasteiger partial charge is 0.396 e. The first-order valence-corrected chi connectivity index (χ1v) is 5.34. The summed E-state index contributed by atoms with van der Waals surface area (Å²) in [6, 6.07) is 2.28. The van der Waals surface area contributed by atoms with Crippen LogP contribution in [0.4, 0.5) is 26.1 Å². The fraction of sp³-hybridized carbons (Fsp3) is 0. The van der Waals surface area contributed by atoms with Crippen molar-refractivity contribution in [2.75, 3.05) is 11.1 Å². The average Bonchev–Trinajstić information content (AvgIpc) is 2.26. The van der Waals surface area contributed by atoms with Crippen LogP contribution < -0.4 is 11.1 Å². The molecule has 2 aromatic rings. The molecule has 7 heteroatoms. The van der Waals surface area contributed by atoms with Crippen LogP contribution in [0, 0.1) is 11.6 Å². The summed E-state index contributed by atoms with van der Waals surface area (Å²) in [5, 5.41) is 2.45. The van der Waals surface area contributed by atoms with Gasteiger partial charge in [-0.2, -0.15) is 0 Å². The number of nitrogens with zero attached hydrogens (tertiary/aromatic N) is 2. The van der Waals surface area contributed by atoms with Crippen LogP contribution in [-0.4, -0.2) is 9.97 Å². The Labute approximate surface area is 104 Å². The molecule has 0 aliphatic carbocycles. The van der Waals surface area contributed by atoms with Crippen LogP contribution in [0.2, 0.25) is 0 Å². The third kappa shape index (κ3) is 2.68. The van der Waals surface area contributed by atoms with E-state index < -0.39 is 11.6 Å². The molecule has 88 valence electrons. The minimum Gasteiger partial charge on any atom is -0.396 e. The molecule has 0 fully saturated rings. The van der Waals surface area contributed by atoms with Crippen LogP contribution in [0.5, 0.6) is 0 Å². The molecule has 1 heterocycles. The predicted octanol–water partition coefficient (Wildman–Crippen LogP) is 2.84. The zero-order valence-electron chi connectivity index (χ0n) is 8.42. The van der Waals surface area contributed by atoms with Gasteiger partial charge in [0.15, 0.2) is 11.6 Å². The molecular weight excluding hydrogens is 294 g/mol. The lowest BCUT2D eigenvalue weighted by Gasteiger charge is -2.07. The summed E-state index contributed by atoms with van der Waals surface area (Å²) in [7, 11) is 0. The normalized spacial score (nSPS) is 10.3. The van der Waals surface area contributed by atoms with Crippen molar-refractivity contribution in [1.82, 2.24) is 9.97 Å². The second-order valence-electron chi connectivity index (χ2n) is 3.21. The van der Waals surface area contributed by atoms with Crippen molar-refractivity contribution < 1.29 is 8.78 Å². The molecule has 0 spiro atoms. The molecule has 0 radical (unpaired) electrons. The van der Waals surface area contributed by atoms with Gasteiger partial charge in [0.1, 0.15) is 5.69 Å². The van der Waals surface area contributed by atoms with Crippen LogP contribution in [0.3, 0.4) is 0 Å². The number of nitrogen functional groups attached to an aromatic ring is 1. The number of nitrogens with two attached hydrogens (primary N) is 1. The fourth-order valence-corrected chi connectivity index (χ4v) is 1.58. The molecule has 4 nitrogen and oxygen atoms in total. The van der Waals surface area contributed by atoms with Crippen molar-refractivity contribution in [3.63, 3.8) is 0 Å². The number of hydrogen-bond donors (Lipinski definition) is 2. The van der Waals surface area contributed by atoms with Crippen LogP contribution >= 0.6 is 15.9 Å². The Morgan fingerprint density at radius 1 is 1.12 bits per heavy atom. The monoisotopic (exact) mass is 300 g/mol. The van der Waals surface area contributed by atoms with Gasteiger partial charge in [-0.05, 0) is 12.1 Å². The number of hydrogen-bond acceptors (Lipinski definition) is 4. The SMILES string of the molecule is Nc1cnc(Nc2c(F)cc(Br)cc2F)nc1. The van der Waals surface area contributed by atoms with Gasteiger partial charge in [-0.3, -0.25) is 0 Å². The van der Waals surface area contributed by atoms with Crippen molar-refractivity contribution in [3.05, 3.63) is 40.6 Å². The van der Waals surface area contributed by atoms with Gasteiger partial charge in [-0.1, -0.05) is 15.9 Å². The first kappa shape index (κ1) is 11.7. The standard InChI is InChI=1S/C10H7BrF2N4/c11-5-1-7(12)9(8(13)2-5)17-10-15-3-6(14)4-16-10/h1-4H,14H2,(H,15,16,17). The highest BCUT2D eigenvalue weighted by Crippen LogP contribution is 2.25. The van der Waals surface area contributed by atoms with Gasteiger partial charge < -0.3 is 11.1 Å². The maximum absolute atomic E-state index is 13.5. The van der Waals surface area contributed by atoms with Crippen molar-refractivity contribution in [2.45, 2.75) is 0 Å². The maximum atomic E-state index is 13.5. The number of aromatic nitrogens is 2. The van der Waals surface area contributed by atoms with Gasteiger partial charge in [-0.25, -0.2) is 18.7 Å². The zero-order valence-corrected chi connectivity index (χ0v) is 10.0. The van der Waals surface area contributed by atoms with Crippen LogP contribution in [-0.2, 0) is 0 Å². The van der Waals surface area contributed by atoms with E-state index in [0.717, 1.165) is 12.1 Å². The maximum Gasteiger partial charge on any atom is 0.227 e. The fourth-order valence-electron chi connectivity index (χ4n) is 1.18. The highest BCUT2D eigenvalue weighted by atomic mass is 79.9. The van der Waals surface area contributed by atoms with E-state index in [4.69, 9.17) is 5.73 Å². The number of halogens is 3. The third-order valence-corrected chi connectivity index (χ3v) is 2.37. The Balaban J connectivity index is 2.33. The van der Waals surface area contributed by atoms with E-state index in [-0.39, 0.29) is 11.6 Å². The average molecular weight is 301 g/mol. The molecule has 0 saturated heterocycles. The minimum atomic E-state index is -0.739. The lowest BCUT2D eigenvalue weighted by atomic mass is 10.3. The first-order chi connectivity index (χ1) is 8.06. The van der Waals surface area contributed by atoms with Gasteiger partial charge in [0.05, 0.1) is 18.1 Å². The molecule has 17 heavy (non-hydrogen) atoms. The summed E-state index contributed by atoms with van der Waals surface area (Å²) < 4.78 is 27.2. The van der Waals surface area contributed by atoms with E-state index in [1.807, 2.05) is 0 Å². The smallest absolute Gasteiger partial charge is 0.227 e. The second kappa shape index (κ2) is 4.62. The molecule has 0 atom stereocenters. The van der Waals surface area contributed by atoms with Crippen molar-refractivity contribution >= 4 is 33.3 Å². The van der Waals surface area contributed by atoms with Gasteiger partial charge >= 0.3 is 0 Å². The van der Waals surface area contributed by atoms with Crippen molar-refractivity contribution in [1.29, 1.82) is 0 Å². The lowest BCUT2D eigenvalue weighted by molar-refractivity contribution is 0.589. The van der Waals surface area contributed by atoms with Crippen molar-refractivity contribution in [2.24, 2.45) is 0 Å². The Bertz CT molecular complexity index is 521. The Kier molecular flexibility index (Phi) is 3.19. The minimum absolute atomic E-state index is 0.0688. The van der Waals surface area contributed by atoms with Gasteiger partial charge in [0.2, 0.25) is 5.95 Å². The topological polar surface area (TPSA) is 63.8 Å². The summed E-state index contributed by atoms with van der Waals surface area (Å²) in [6.45, 7) is 0. The summed E-state index contributed by atoms with van der Waals surface area (Å²) >= 11 is 2.99. The quantitative estimate of drug-likeness (QED) is 0.895. The molecule has 1 aromatic carbocycles. The van der Waals surface area contributed by atoms with Gasteiger partial charge in [0, 0.05) is 4.47 Å². The van der Waals surface area contributed by atoms with E-state index >= 15 is 0 Å². The molecule has 0 unspecified atom stereocenters. The molecule has 0 amide bonds. The summed E-state index contributed by atoms with van der Waals surface area (Å²) in [5.41, 5.74) is 5.45. The molecule has 2 rings (SSSR count). The van der Waals surface area contributed by atoms with Gasteiger partial charge in [0.25, 0.3) is 0 Å². The van der Waals surface area contributed by atoms with E-state index in [9.17, 15) is 8.78 Å². The predicted molar refractivity (Wildman–Crippen MR) is 63.8 cm³/mol. The van der Waals surface area contributed by atoms with E-state index in [0.29, 0.717) is 10.2 Å². The summed E-state index contributed by atoms with van der Waals surface area (Å²) in [6.07, 6.45) is 2.67. The molecule has 0 bridgehead atoms. The number of nitrogens with one attached hydrogen (secondary N) is 1. The molecule has 0 aliphatic rings. The Morgan fingerprint density at radius 3 is 2.18 bits per heavy atom. The molecule has 3 N–H and O–H groups in total. The molecular formula is C10H7BrF2N4. The zero-order chi connectivity index (χ0) is 12.4. The van der Waals surface area contributed by atoms with E-state index in [1.165, 1.54) is 12.4 Å². The van der Waals surface area contributed by atoms with Crippen LogP contribution in [0.25, 0.3) is 0 Å². The molecule has 0 aliphatic heterocycles. The molecule has 1 aromatic heterocycles. The van der Waals surface area contributed by atoms with Gasteiger partial charge in [-0.15, -0.1) is 0 Å². The summed E-state index contributed by atoms with van der Waals surface area (Å²) in [5.74, 6) is -1.41. The summed E-state index contributed by atoms with van der Waals surface area (Å²) in [4.78, 5) is 7.57. The van der Waals surface area contributed by atoms with E-state index in [1.54, 1.807) is 0 Å². The number of rotatable bonds is 2. The highest BCUT2D eigenvalue weighted by molar-refractivity contribution is 9.10. The molecule has 0 saturated carbocycles. The second-order valence-corrected chi connectivity index (χ2v) is 4.13.